The molecular weight excluding hydrogens is 220 g/mol. The van der Waals surface area contributed by atoms with Gasteiger partial charge < -0.3 is 14.2 Å². The molecular formula is C13H20O4. The Morgan fingerprint density at radius 3 is 2.47 bits per heavy atom. The Balaban J connectivity index is 3.14. The van der Waals surface area contributed by atoms with Gasteiger partial charge in [-0.25, -0.2) is 4.79 Å². The summed E-state index contributed by atoms with van der Waals surface area (Å²) in [6.45, 7) is 10.2. The second-order valence-corrected chi connectivity index (χ2v) is 3.88. The molecule has 1 aliphatic rings. The van der Waals surface area contributed by atoms with Crippen LogP contribution in [0.25, 0.3) is 0 Å². The van der Waals surface area contributed by atoms with E-state index in [0.717, 1.165) is 11.1 Å². The van der Waals surface area contributed by atoms with Gasteiger partial charge in [0.15, 0.2) is 0 Å². The number of hydrogen-bond acceptors (Lipinski definition) is 4. The molecule has 0 aromatic rings. The largest absolute Gasteiger partial charge is 0.465 e. The lowest BCUT2D eigenvalue weighted by Crippen LogP contribution is -2.24. The summed E-state index contributed by atoms with van der Waals surface area (Å²) in [4.78, 5) is 11.9. The van der Waals surface area contributed by atoms with Crippen LogP contribution in [0.2, 0.25) is 0 Å². The van der Waals surface area contributed by atoms with Crippen LogP contribution in [0.4, 0.5) is 0 Å². The van der Waals surface area contributed by atoms with Crippen molar-refractivity contribution in [2.75, 3.05) is 13.2 Å². The zero-order valence-electron chi connectivity index (χ0n) is 11.1. The van der Waals surface area contributed by atoms with Crippen LogP contribution in [0.5, 0.6) is 0 Å². The molecule has 1 heterocycles. The van der Waals surface area contributed by atoms with E-state index in [9.17, 15) is 4.79 Å². The number of hydrogen-bond donors (Lipinski definition) is 0. The third-order valence-corrected chi connectivity index (χ3v) is 2.82. The Hall–Kier alpha value is -1.45. The smallest absolute Gasteiger partial charge is 0.345 e. The van der Waals surface area contributed by atoms with Crippen molar-refractivity contribution in [1.82, 2.24) is 0 Å². The minimum atomic E-state index is -0.389. The maximum atomic E-state index is 11.9. The van der Waals surface area contributed by atoms with Gasteiger partial charge in [-0.2, -0.15) is 0 Å². The van der Waals surface area contributed by atoms with Gasteiger partial charge in [-0.15, -0.1) is 0 Å². The SMILES string of the molecule is CCOC(=O)C1=C(OCC)OC(C)C(C)=C1C. The molecule has 4 heteroatoms. The summed E-state index contributed by atoms with van der Waals surface area (Å²) >= 11 is 0. The highest BCUT2D eigenvalue weighted by Crippen LogP contribution is 2.30. The fourth-order valence-electron chi connectivity index (χ4n) is 1.64. The molecule has 17 heavy (non-hydrogen) atoms. The number of carbonyl (C=O) groups is 1. The van der Waals surface area contributed by atoms with E-state index in [-0.39, 0.29) is 18.0 Å². The fourth-order valence-corrected chi connectivity index (χ4v) is 1.64. The minimum Gasteiger partial charge on any atom is -0.465 e. The summed E-state index contributed by atoms with van der Waals surface area (Å²) in [6.07, 6.45) is -0.0743. The molecule has 1 aliphatic heterocycles. The Kier molecular flexibility index (Phi) is 4.61. The molecule has 0 saturated carbocycles. The van der Waals surface area contributed by atoms with Crippen molar-refractivity contribution >= 4 is 5.97 Å². The van der Waals surface area contributed by atoms with E-state index in [2.05, 4.69) is 0 Å². The first-order valence-electron chi connectivity index (χ1n) is 5.91. The normalized spacial score (nSPS) is 20.2. The van der Waals surface area contributed by atoms with Crippen LogP contribution in [-0.4, -0.2) is 25.3 Å². The summed E-state index contributed by atoms with van der Waals surface area (Å²) in [5, 5.41) is 0. The lowest BCUT2D eigenvalue weighted by molar-refractivity contribution is -0.139. The van der Waals surface area contributed by atoms with E-state index < -0.39 is 0 Å². The monoisotopic (exact) mass is 240 g/mol. The van der Waals surface area contributed by atoms with Gasteiger partial charge in [0.2, 0.25) is 0 Å². The number of carbonyl (C=O) groups excluding carboxylic acids is 1. The third kappa shape index (κ3) is 2.81. The number of esters is 1. The Morgan fingerprint density at radius 1 is 1.29 bits per heavy atom. The van der Waals surface area contributed by atoms with Crippen molar-refractivity contribution in [2.45, 2.75) is 40.7 Å². The van der Waals surface area contributed by atoms with E-state index in [1.165, 1.54) is 0 Å². The summed E-state index contributed by atoms with van der Waals surface area (Å²) in [6, 6.07) is 0. The first kappa shape index (κ1) is 13.6. The highest BCUT2D eigenvalue weighted by atomic mass is 16.7. The van der Waals surface area contributed by atoms with Crippen LogP contribution in [-0.2, 0) is 19.0 Å². The Bertz CT molecular complexity index is 366. The van der Waals surface area contributed by atoms with E-state index in [0.29, 0.717) is 18.8 Å². The van der Waals surface area contributed by atoms with E-state index in [1.54, 1.807) is 6.92 Å². The maximum absolute atomic E-state index is 11.9. The molecule has 0 spiro atoms. The Labute approximate surface area is 102 Å². The van der Waals surface area contributed by atoms with E-state index in [1.807, 2.05) is 27.7 Å². The molecule has 1 rings (SSSR count). The molecule has 4 nitrogen and oxygen atoms in total. The highest BCUT2D eigenvalue weighted by molar-refractivity contribution is 5.94. The molecule has 96 valence electrons. The van der Waals surface area contributed by atoms with Gasteiger partial charge >= 0.3 is 5.97 Å². The van der Waals surface area contributed by atoms with Crippen molar-refractivity contribution in [3.63, 3.8) is 0 Å². The van der Waals surface area contributed by atoms with Crippen molar-refractivity contribution in [1.29, 1.82) is 0 Å². The molecule has 0 aromatic carbocycles. The van der Waals surface area contributed by atoms with Crippen LogP contribution < -0.4 is 0 Å². The predicted molar refractivity (Wildman–Crippen MR) is 64.2 cm³/mol. The average Bonchev–Trinajstić information content (AvgIpc) is 2.27. The van der Waals surface area contributed by atoms with Gasteiger partial charge in [0.25, 0.3) is 5.95 Å². The van der Waals surface area contributed by atoms with Crippen molar-refractivity contribution in [3.8, 4) is 0 Å². The van der Waals surface area contributed by atoms with Crippen LogP contribution in [0, 0.1) is 0 Å². The first-order valence-corrected chi connectivity index (χ1v) is 5.91. The zero-order valence-corrected chi connectivity index (χ0v) is 11.1. The second kappa shape index (κ2) is 5.75. The first-order chi connectivity index (χ1) is 8.02. The maximum Gasteiger partial charge on any atom is 0.345 e. The van der Waals surface area contributed by atoms with Gasteiger partial charge in [0.05, 0.1) is 13.2 Å². The second-order valence-electron chi connectivity index (χ2n) is 3.88. The van der Waals surface area contributed by atoms with E-state index in [4.69, 9.17) is 14.2 Å². The van der Waals surface area contributed by atoms with Crippen molar-refractivity contribution in [3.05, 3.63) is 22.7 Å². The summed E-state index contributed by atoms with van der Waals surface area (Å²) in [7, 11) is 0. The standard InChI is InChI=1S/C13H20O4/c1-6-15-12(14)11-9(4)8(3)10(5)17-13(11)16-7-2/h10H,6-7H2,1-5H3. The predicted octanol–water partition coefficient (Wildman–Crippen LogP) is 2.55. The molecule has 0 amide bonds. The molecule has 0 bridgehead atoms. The van der Waals surface area contributed by atoms with Gasteiger partial charge in [0, 0.05) is 0 Å². The minimum absolute atomic E-state index is 0.0743. The fraction of sp³-hybridized carbons (Fsp3) is 0.615. The quantitative estimate of drug-likeness (QED) is 0.708. The molecule has 1 atom stereocenters. The summed E-state index contributed by atoms with van der Waals surface area (Å²) in [5.74, 6) is -0.110. The lowest BCUT2D eigenvalue weighted by atomic mass is 9.97. The van der Waals surface area contributed by atoms with Gasteiger partial charge in [0.1, 0.15) is 11.7 Å². The molecule has 1 unspecified atom stereocenters. The van der Waals surface area contributed by atoms with E-state index >= 15 is 0 Å². The van der Waals surface area contributed by atoms with Crippen LogP contribution in [0.1, 0.15) is 34.6 Å². The molecule has 0 N–H and O–H groups in total. The van der Waals surface area contributed by atoms with Crippen molar-refractivity contribution in [2.24, 2.45) is 0 Å². The van der Waals surface area contributed by atoms with Crippen molar-refractivity contribution < 1.29 is 19.0 Å². The Morgan fingerprint density at radius 2 is 1.94 bits per heavy atom. The van der Waals surface area contributed by atoms with Gasteiger partial charge in [-0.1, -0.05) is 0 Å². The lowest BCUT2D eigenvalue weighted by Gasteiger charge is -2.26. The number of ether oxygens (including phenoxy) is 3. The van der Waals surface area contributed by atoms with Crippen LogP contribution >= 0.6 is 0 Å². The average molecular weight is 240 g/mol. The summed E-state index contributed by atoms with van der Waals surface area (Å²) < 4.78 is 16.0. The van der Waals surface area contributed by atoms with Crippen LogP contribution in [0.3, 0.4) is 0 Å². The highest BCUT2D eigenvalue weighted by Gasteiger charge is 2.30. The van der Waals surface area contributed by atoms with Gasteiger partial charge in [-0.05, 0) is 45.8 Å². The topological polar surface area (TPSA) is 44.8 Å². The van der Waals surface area contributed by atoms with Gasteiger partial charge in [-0.3, -0.25) is 0 Å². The third-order valence-electron chi connectivity index (χ3n) is 2.82. The number of rotatable bonds is 4. The molecule has 0 radical (unpaired) electrons. The molecule has 0 aliphatic carbocycles. The van der Waals surface area contributed by atoms with Crippen LogP contribution in [0.15, 0.2) is 22.7 Å². The molecule has 0 saturated heterocycles. The molecule has 0 aromatic heterocycles. The zero-order chi connectivity index (χ0) is 13.0. The molecule has 0 fully saturated rings. The summed E-state index contributed by atoms with van der Waals surface area (Å²) in [5.41, 5.74) is 2.31.